The molecule has 25 heavy (non-hydrogen) atoms. The van der Waals surface area contributed by atoms with Gasteiger partial charge in [-0.3, -0.25) is 14.5 Å². The van der Waals surface area contributed by atoms with Crippen molar-refractivity contribution in [3.8, 4) is 0 Å². The van der Waals surface area contributed by atoms with Gasteiger partial charge in [-0.1, -0.05) is 60.7 Å². The van der Waals surface area contributed by atoms with Crippen molar-refractivity contribution in [2.75, 3.05) is 6.73 Å². The number of ether oxygens (including phenoxy) is 1. The molecule has 4 nitrogen and oxygen atoms in total. The average Bonchev–Trinajstić information content (AvgIpc) is 2.62. The molecule has 0 saturated carbocycles. The summed E-state index contributed by atoms with van der Waals surface area (Å²) in [6, 6.07) is 18.4. The summed E-state index contributed by atoms with van der Waals surface area (Å²) < 4.78 is 5.73. The molecule has 0 fully saturated rings. The van der Waals surface area contributed by atoms with Crippen LogP contribution in [0.15, 0.2) is 66.4 Å². The van der Waals surface area contributed by atoms with Crippen LogP contribution in [-0.4, -0.2) is 28.9 Å². The zero-order valence-electron chi connectivity index (χ0n) is 14.7. The first-order valence-electron chi connectivity index (χ1n) is 8.24. The van der Waals surface area contributed by atoms with Crippen LogP contribution < -0.4 is 0 Å². The summed E-state index contributed by atoms with van der Waals surface area (Å²) in [5.74, 6) is 0.275. The first-order chi connectivity index (χ1) is 11.9. The fraction of sp³-hybridized carbons (Fsp3) is 0.238. The van der Waals surface area contributed by atoms with E-state index in [4.69, 9.17) is 4.74 Å². The van der Waals surface area contributed by atoms with E-state index < -0.39 is 5.54 Å². The van der Waals surface area contributed by atoms with Crippen molar-refractivity contribution >= 4 is 17.3 Å². The molecule has 3 rings (SSSR count). The normalized spacial score (nSPS) is 15.2. The van der Waals surface area contributed by atoms with E-state index in [9.17, 15) is 9.59 Å². The fourth-order valence-corrected chi connectivity index (χ4v) is 2.99. The van der Waals surface area contributed by atoms with Crippen molar-refractivity contribution in [2.45, 2.75) is 26.3 Å². The third-order valence-electron chi connectivity index (χ3n) is 4.55. The molecule has 128 valence electrons. The van der Waals surface area contributed by atoms with Gasteiger partial charge in [-0.05, 0) is 26.3 Å². The number of nitrogens with zero attached hydrogens (tertiary/aromatic N) is 1. The Morgan fingerprint density at radius 3 is 2.16 bits per heavy atom. The lowest BCUT2D eigenvalue weighted by molar-refractivity contribution is -0.136. The van der Waals surface area contributed by atoms with Gasteiger partial charge in [0.25, 0.3) is 5.91 Å². The number of Topliss-reactive ketones (excluding diaryl/α,β-unsaturated/α-hetero) is 1. The molecule has 0 aliphatic carbocycles. The lowest BCUT2D eigenvalue weighted by Crippen LogP contribution is -2.55. The van der Waals surface area contributed by atoms with Crippen LogP contribution in [0.25, 0.3) is 5.57 Å². The van der Waals surface area contributed by atoms with Crippen molar-refractivity contribution in [1.82, 2.24) is 4.90 Å². The highest BCUT2D eigenvalue weighted by molar-refractivity contribution is 6.22. The van der Waals surface area contributed by atoms with Crippen LogP contribution in [0.2, 0.25) is 0 Å². The SMILES string of the molecule is CC1=C(c2ccccc2)C(=O)N(C(C)(C)C(=O)c2ccccc2)CO1. The Morgan fingerprint density at radius 1 is 1.00 bits per heavy atom. The molecule has 4 heteroatoms. The molecule has 0 bridgehead atoms. The number of carbonyl (C=O) groups is 2. The summed E-state index contributed by atoms with van der Waals surface area (Å²) in [7, 11) is 0. The van der Waals surface area contributed by atoms with Gasteiger partial charge in [-0.25, -0.2) is 0 Å². The Morgan fingerprint density at radius 2 is 1.56 bits per heavy atom. The number of hydrogen-bond acceptors (Lipinski definition) is 3. The highest BCUT2D eigenvalue weighted by atomic mass is 16.5. The van der Waals surface area contributed by atoms with Crippen LogP contribution in [0.1, 0.15) is 36.7 Å². The standard InChI is InChI=1S/C21H21NO3/c1-15-18(16-10-6-4-7-11-16)20(24)22(14-25-15)21(2,3)19(23)17-12-8-5-9-13-17/h4-13H,14H2,1-3H3. The van der Waals surface area contributed by atoms with Crippen molar-refractivity contribution in [3.05, 3.63) is 77.5 Å². The largest absolute Gasteiger partial charge is 0.477 e. The first-order valence-corrected chi connectivity index (χ1v) is 8.24. The van der Waals surface area contributed by atoms with Gasteiger partial charge in [0.15, 0.2) is 12.5 Å². The van der Waals surface area contributed by atoms with Gasteiger partial charge in [0, 0.05) is 5.56 Å². The van der Waals surface area contributed by atoms with Crippen LogP contribution >= 0.6 is 0 Å². The van der Waals surface area contributed by atoms with Crippen LogP contribution in [0, 0.1) is 0 Å². The van der Waals surface area contributed by atoms with Gasteiger partial charge >= 0.3 is 0 Å². The first kappa shape index (κ1) is 17.0. The second-order valence-electron chi connectivity index (χ2n) is 6.56. The molecular formula is C21H21NO3. The molecule has 1 amide bonds. The van der Waals surface area contributed by atoms with Crippen LogP contribution in [-0.2, 0) is 9.53 Å². The maximum absolute atomic E-state index is 13.2. The quantitative estimate of drug-likeness (QED) is 0.796. The van der Waals surface area contributed by atoms with E-state index >= 15 is 0 Å². The third kappa shape index (κ3) is 3.07. The Balaban J connectivity index is 1.96. The zero-order chi connectivity index (χ0) is 18.0. The predicted molar refractivity (Wildman–Crippen MR) is 96.7 cm³/mol. The Hall–Kier alpha value is -2.88. The lowest BCUT2D eigenvalue weighted by Gasteiger charge is -2.40. The fourth-order valence-electron chi connectivity index (χ4n) is 2.99. The third-order valence-corrected chi connectivity index (χ3v) is 4.55. The second kappa shape index (κ2) is 6.55. The number of allylic oxidation sites excluding steroid dienone is 1. The Bertz CT molecular complexity index is 823. The second-order valence-corrected chi connectivity index (χ2v) is 6.56. The van der Waals surface area contributed by atoms with E-state index in [1.54, 1.807) is 32.9 Å². The molecule has 2 aromatic rings. The number of hydrogen-bond donors (Lipinski definition) is 0. The maximum Gasteiger partial charge on any atom is 0.261 e. The summed E-state index contributed by atoms with van der Waals surface area (Å²) >= 11 is 0. The van der Waals surface area contributed by atoms with E-state index in [0.29, 0.717) is 16.9 Å². The van der Waals surface area contributed by atoms with Gasteiger partial charge < -0.3 is 4.74 Å². The molecule has 0 unspecified atom stereocenters. The van der Waals surface area contributed by atoms with Gasteiger partial charge in [0.1, 0.15) is 11.3 Å². The lowest BCUT2D eigenvalue weighted by atomic mass is 9.90. The van der Waals surface area contributed by atoms with E-state index in [1.807, 2.05) is 48.5 Å². The Labute approximate surface area is 147 Å². The average molecular weight is 335 g/mol. The van der Waals surface area contributed by atoms with E-state index in [1.165, 1.54) is 4.90 Å². The summed E-state index contributed by atoms with van der Waals surface area (Å²) in [4.78, 5) is 27.6. The maximum atomic E-state index is 13.2. The monoisotopic (exact) mass is 335 g/mol. The molecule has 0 atom stereocenters. The summed E-state index contributed by atoms with van der Waals surface area (Å²) in [5, 5.41) is 0. The molecule has 0 radical (unpaired) electrons. The molecule has 0 saturated heterocycles. The molecule has 0 aromatic heterocycles. The minimum atomic E-state index is -1.01. The molecule has 0 spiro atoms. The van der Waals surface area contributed by atoms with Crippen molar-refractivity contribution in [1.29, 1.82) is 0 Å². The summed E-state index contributed by atoms with van der Waals surface area (Å²) in [6.45, 7) is 5.36. The number of benzene rings is 2. The summed E-state index contributed by atoms with van der Waals surface area (Å²) in [6.07, 6.45) is 0. The van der Waals surface area contributed by atoms with Crippen molar-refractivity contribution in [3.63, 3.8) is 0 Å². The minimum Gasteiger partial charge on any atom is -0.477 e. The smallest absolute Gasteiger partial charge is 0.261 e. The van der Waals surface area contributed by atoms with Crippen LogP contribution in [0.4, 0.5) is 0 Å². The van der Waals surface area contributed by atoms with Gasteiger partial charge in [-0.2, -0.15) is 0 Å². The molecule has 1 heterocycles. The van der Waals surface area contributed by atoms with Crippen molar-refractivity contribution in [2.24, 2.45) is 0 Å². The van der Waals surface area contributed by atoms with Crippen LogP contribution in [0.5, 0.6) is 0 Å². The van der Waals surface area contributed by atoms with Gasteiger partial charge in [0.2, 0.25) is 0 Å². The summed E-state index contributed by atoms with van der Waals surface area (Å²) in [5.41, 5.74) is 0.852. The molecule has 1 aliphatic rings. The number of ketones is 1. The topological polar surface area (TPSA) is 46.6 Å². The molecule has 2 aromatic carbocycles. The van der Waals surface area contributed by atoms with Gasteiger partial charge in [0.05, 0.1) is 5.57 Å². The predicted octanol–water partition coefficient (Wildman–Crippen LogP) is 3.90. The van der Waals surface area contributed by atoms with Crippen LogP contribution in [0.3, 0.4) is 0 Å². The highest BCUT2D eigenvalue weighted by Crippen LogP contribution is 2.31. The molecular weight excluding hydrogens is 314 g/mol. The number of rotatable bonds is 4. The van der Waals surface area contributed by atoms with Crippen molar-refractivity contribution < 1.29 is 14.3 Å². The van der Waals surface area contributed by atoms with E-state index in [-0.39, 0.29) is 18.4 Å². The van der Waals surface area contributed by atoms with Gasteiger partial charge in [-0.15, -0.1) is 0 Å². The molecule has 1 aliphatic heterocycles. The van der Waals surface area contributed by atoms with E-state index in [2.05, 4.69) is 0 Å². The number of carbonyl (C=O) groups excluding carboxylic acids is 2. The highest BCUT2D eigenvalue weighted by Gasteiger charge is 2.42. The van der Waals surface area contributed by atoms with E-state index in [0.717, 1.165) is 5.56 Å². The Kier molecular flexibility index (Phi) is 4.45. The number of amides is 1. The zero-order valence-corrected chi connectivity index (χ0v) is 14.7. The minimum absolute atomic E-state index is 0.0621. The molecule has 0 N–H and O–H groups in total.